The second kappa shape index (κ2) is 6.85. The fourth-order valence-electron chi connectivity index (χ4n) is 2.83. The molecule has 1 amide bonds. The van der Waals surface area contributed by atoms with E-state index in [4.69, 9.17) is 4.74 Å². The number of para-hydroxylation sites is 1. The van der Waals surface area contributed by atoms with E-state index in [1.54, 1.807) is 12.3 Å². The highest BCUT2D eigenvalue weighted by Gasteiger charge is 2.18. The maximum atomic E-state index is 12.5. The van der Waals surface area contributed by atoms with Crippen molar-refractivity contribution in [2.45, 2.75) is 13.5 Å². The number of aromatic nitrogens is 3. The number of benzene rings is 1. The average Bonchev–Trinajstić information content (AvgIpc) is 2.87. The third kappa shape index (κ3) is 3.31. The van der Waals surface area contributed by atoms with E-state index in [1.807, 2.05) is 29.2 Å². The highest BCUT2D eigenvalue weighted by molar-refractivity contribution is 7.15. The molecule has 9 heteroatoms. The Morgan fingerprint density at radius 2 is 2.23 bits per heavy atom. The van der Waals surface area contributed by atoms with Gasteiger partial charge in [-0.3, -0.25) is 14.5 Å². The Hall–Kier alpha value is -2.78. The van der Waals surface area contributed by atoms with Crippen LogP contribution in [-0.4, -0.2) is 45.1 Å². The van der Waals surface area contributed by atoms with Crippen LogP contribution in [0.25, 0.3) is 4.96 Å². The lowest BCUT2D eigenvalue weighted by molar-refractivity contribution is -0.117. The van der Waals surface area contributed by atoms with Crippen molar-refractivity contribution in [3.8, 4) is 5.75 Å². The summed E-state index contributed by atoms with van der Waals surface area (Å²) in [4.78, 5) is 30.5. The van der Waals surface area contributed by atoms with Crippen molar-refractivity contribution in [2.24, 2.45) is 0 Å². The minimum absolute atomic E-state index is 0.151. The zero-order chi connectivity index (χ0) is 18.1. The number of anilines is 1. The molecule has 8 nitrogen and oxygen atoms in total. The lowest BCUT2D eigenvalue weighted by atomic mass is 10.2. The summed E-state index contributed by atoms with van der Waals surface area (Å²) in [6, 6.07) is 7.85. The molecule has 0 radical (unpaired) electrons. The van der Waals surface area contributed by atoms with Crippen LogP contribution in [0.2, 0.25) is 0 Å². The third-order valence-electron chi connectivity index (χ3n) is 4.11. The Bertz CT molecular complexity index is 1030. The quantitative estimate of drug-likeness (QED) is 0.746. The van der Waals surface area contributed by atoms with Crippen molar-refractivity contribution in [3.63, 3.8) is 0 Å². The second-order valence-electron chi connectivity index (χ2n) is 6.03. The standard InChI is InChI=1S/C17H17N5O3S/c1-11-16(24)19-17-22(20-11)14(10-26-17)18-15(23)9-21-6-7-25-13-5-3-2-4-12(13)8-21/h2-5,10H,6-9H2,1H3,(H,18,23). The highest BCUT2D eigenvalue weighted by atomic mass is 32.1. The molecule has 0 saturated heterocycles. The van der Waals surface area contributed by atoms with Gasteiger partial charge < -0.3 is 10.1 Å². The normalized spacial score (nSPS) is 14.5. The monoisotopic (exact) mass is 371 g/mol. The van der Waals surface area contributed by atoms with Crippen LogP contribution in [-0.2, 0) is 11.3 Å². The van der Waals surface area contributed by atoms with Crippen LogP contribution in [0.5, 0.6) is 5.75 Å². The first-order valence-electron chi connectivity index (χ1n) is 8.18. The minimum atomic E-state index is -0.354. The van der Waals surface area contributed by atoms with Crippen LogP contribution in [0.15, 0.2) is 34.4 Å². The van der Waals surface area contributed by atoms with Gasteiger partial charge in [-0.15, -0.1) is 11.3 Å². The van der Waals surface area contributed by atoms with Gasteiger partial charge >= 0.3 is 0 Å². The van der Waals surface area contributed by atoms with Gasteiger partial charge in [0.2, 0.25) is 10.9 Å². The summed E-state index contributed by atoms with van der Waals surface area (Å²) < 4.78 is 7.21. The number of amides is 1. The van der Waals surface area contributed by atoms with Crippen molar-refractivity contribution in [3.05, 3.63) is 51.3 Å². The number of nitrogens with one attached hydrogen (secondary N) is 1. The Kier molecular flexibility index (Phi) is 4.39. The number of ether oxygens (including phenoxy) is 1. The SMILES string of the molecule is Cc1nn2c(NC(=O)CN3CCOc4ccccc4C3)csc2nc1=O. The molecule has 0 atom stereocenters. The molecule has 3 aromatic rings. The number of carbonyl (C=O) groups excluding carboxylic acids is 1. The summed E-state index contributed by atoms with van der Waals surface area (Å²) in [5.74, 6) is 1.23. The van der Waals surface area contributed by atoms with Crippen molar-refractivity contribution >= 4 is 28.0 Å². The van der Waals surface area contributed by atoms with Crippen LogP contribution in [0.4, 0.5) is 5.82 Å². The fraction of sp³-hybridized carbons (Fsp3) is 0.294. The number of hydrogen-bond acceptors (Lipinski definition) is 7. The van der Waals surface area contributed by atoms with Crippen LogP contribution in [0.1, 0.15) is 11.3 Å². The number of hydrogen-bond donors (Lipinski definition) is 1. The van der Waals surface area contributed by atoms with Crippen molar-refractivity contribution in [1.82, 2.24) is 19.5 Å². The molecule has 2 aromatic heterocycles. The van der Waals surface area contributed by atoms with Gasteiger partial charge in [0.05, 0.1) is 6.54 Å². The Balaban J connectivity index is 1.48. The van der Waals surface area contributed by atoms with E-state index in [0.29, 0.717) is 30.5 Å². The maximum Gasteiger partial charge on any atom is 0.295 e. The molecule has 3 heterocycles. The predicted molar refractivity (Wildman–Crippen MR) is 97.7 cm³/mol. The topological polar surface area (TPSA) is 88.8 Å². The molecule has 4 rings (SSSR count). The van der Waals surface area contributed by atoms with E-state index in [9.17, 15) is 9.59 Å². The Morgan fingerprint density at radius 1 is 1.38 bits per heavy atom. The summed E-state index contributed by atoms with van der Waals surface area (Å²) in [5.41, 5.74) is 1.00. The van der Waals surface area contributed by atoms with E-state index < -0.39 is 0 Å². The first-order valence-corrected chi connectivity index (χ1v) is 9.06. The van der Waals surface area contributed by atoms with Gasteiger partial charge in [0, 0.05) is 24.0 Å². The van der Waals surface area contributed by atoms with Gasteiger partial charge in [-0.2, -0.15) is 14.6 Å². The lowest BCUT2D eigenvalue weighted by Crippen LogP contribution is -2.34. The molecular formula is C17H17N5O3S. The van der Waals surface area contributed by atoms with Gasteiger partial charge in [0.25, 0.3) is 5.56 Å². The third-order valence-corrected chi connectivity index (χ3v) is 4.92. The van der Waals surface area contributed by atoms with E-state index in [0.717, 1.165) is 11.3 Å². The number of nitrogens with zero attached hydrogens (tertiary/aromatic N) is 4. The summed E-state index contributed by atoms with van der Waals surface area (Å²) in [7, 11) is 0. The summed E-state index contributed by atoms with van der Waals surface area (Å²) in [6.07, 6.45) is 0. The lowest BCUT2D eigenvalue weighted by Gasteiger charge is -2.18. The van der Waals surface area contributed by atoms with Gasteiger partial charge in [-0.25, -0.2) is 0 Å². The van der Waals surface area contributed by atoms with E-state index in [1.165, 1.54) is 15.9 Å². The number of thiazole rings is 1. The van der Waals surface area contributed by atoms with Crippen LogP contribution in [0.3, 0.4) is 0 Å². The van der Waals surface area contributed by atoms with Crippen LogP contribution < -0.4 is 15.6 Å². The highest BCUT2D eigenvalue weighted by Crippen LogP contribution is 2.22. The smallest absolute Gasteiger partial charge is 0.295 e. The van der Waals surface area contributed by atoms with Gasteiger partial charge in [0.1, 0.15) is 23.9 Å². The molecule has 1 aliphatic heterocycles. The Morgan fingerprint density at radius 3 is 3.12 bits per heavy atom. The molecule has 0 aliphatic carbocycles. The molecule has 1 aliphatic rings. The molecule has 0 bridgehead atoms. The molecule has 1 N–H and O–H groups in total. The van der Waals surface area contributed by atoms with E-state index in [2.05, 4.69) is 15.4 Å². The van der Waals surface area contributed by atoms with Gasteiger partial charge in [-0.05, 0) is 13.0 Å². The molecule has 0 spiro atoms. The molecule has 26 heavy (non-hydrogen) atoms. The first kappa shape index (κ1) is 16.7. The zero-order valence-electron chi connectivity index (χ0n) is 14.1. The Labute approximate surface area is 153 Å². The molecule has 1 aromatic carbocycles. The van der Waals surface area contributed by atoms with E-state index in [-0.39, 0.29) is 23.7 Å². The summed E-state index contributed by atoms with van der Waals surface area (Å²) in [6.45, 7) is 3.69. The molecular weight excluding hydrogens is 354 g/mol. The van der Waals surface area contributed by atoms with Crippen molar-refractivity contribution < 1.29 is 9.53 Å². The van der Waals surface area contributed by atoms with E-state index >= 15 is 0 Å². The fourth-order valence-corrected chi connectivity index (χ4v) is 3.58. The number of aryl methyl sites for hydroxylation is 1. The second-order valence-corrected chi connectivity index (χ2v) is 6.87. The first-order chi connectivity index (χ1) is 12.6. The molecule has 0 fully saturated rings. The summed E-state index contributed by atoms with van der Waals surface area (Å²) in [5, 5.41) is 8.76. The maximum absolute atomic E-state index is 12.5. The number of fused-ring (bicyclic) bond motifs is 2. The minimum Gasteiger partial charge on any atom is -0.492 e. The average molecular weight is 371 g/mol. The van der Waals surface area contributed by atoms with Crippen LogP contribution in [0, 0.1) is 6.92 Å². The largest absolute Gasteiger partial charge is 0.492 e. The molecule has 134 valence electrons. The van der Waals surface area contributed by atoms with Gasteiger partial charge in [-0.1, -0.05) is 18.2 Å². The van der Waals surface area contributed by atoms with Crippen molar-refractivity contribution in [2.75, 3.05) is 25.0 Å². The number of carbonyl (C=O) groups is 1. The van der Waals surface area contributed by atoms with Crippen molar-refractivity contribution in [1.29, 1.82) is 0 Å². The van der Waals surface area contributed by atoms with Gasteiger partial charge in [0.15, 0.2) is 0 Å². The predicted octanol–water partition coefficient (Wildman–Crippen LogP) is 1.29. The van der Waals surface area contributed by atoms with Crippen LogP contribution >= 0.6 is 11.3 Å². The molecule has 0 saturated carbocycles. The summed E-state index contributed by atoms with van der Waals surface area (Å²) >= 11 is 1.26. The zero-order valence-corrected chi connectivity index (χ0v) is 15.0. The number of rotatable bonds is 3. The molecule has 0 unspecified atom stereocenters.